The molecule has 0 bridgehead atoms. The van der Waals surface area contributed by atoms with Crippen LogP contribution < -0.4 is 5.32 Å². The first-order valence-corrected chi connectivity index (χ1v) is 6.72. The smallest absolute Gasteiger partial charge is 0.105 e. The Morgan fingerprint density at radius 1 is 1.13 bits per heavy atom. The molecule has 15 heavy (non-hydrogen) atoms. The Balaban J connectivity index is 2.46. The highest BCUT2D eigenvalue weighted by Crippen LogP contribution is 2.26. The van der Waals surface area contributed by atoms with Crippen LogP contribution in [0, 0.1) is 5.92 Å². The maximum Gasteiger partial charge on any atom is 0.105 e. The lowest BCUT2D eigenvalue weighted by Gasteiger charge is -2.26. The van der Waals surface area contributed by atoms with Crippen LogP contribution in [-0.2, 0) is 0 Å². The fourth-order valence-electron chi connectivity index (χ4n) is 2.68. The summed E-state index contributed by atoms with van der Waals surface area (Å²) in [7, 11) is 0. The van der Waals surface area contributed by atoms with Crippen molar-refractivity contribution in [3.8, 4) is 0 Å². The molecule has 0 aromatic rings. The van der Waals surface area contributed by atoms with Gasteiger partial charge in [-0.1, -0.05) is 33.1 Å². The average molecular weight is 213 g/mol. The van der Waals surface area contributed by atoms with Gasteiger partial charge in [-0.3, -0.25) is 5.32 Å². The number of aliphatic hydroxyl groups excluding tert-OH is 1. The van der Waals surface area contributed by atoms with Crippen LogP contribution in [0.3, 0.4) is 0 Å². The molecule has 90 valence electrons. The molecule has 3 unspecified atom stereocenters. The van der Waals surface area contributed by atoms with Gasteiger partial charge in [0.25, 0.3) is 0 Å². The average Bonchev–Trinajstić information content (AvgIpc) is 2.38. The maximum atomic E-state index is 9.72. The third kappa shape index (κ3) is 4.52. The summed E-state index contributed by atoms with van der Waals surface area (Å²) in [6, 6.07) is 0.555. The van der Waals surface area contributed by atoms with E-state index in [1.54, 1.807) is 0 Å². The number of rotatable bonds is 5. The molecule has 2 nitrogen and oxygen atoms in total. The van der Waals surface area contributed by atoms with Crippen molar-refractivity contribution in [1.82, 2.24) is 5.32 Å². The molecule has 0 saturated carbocycles. The van der Waals surface area contributed by atoms with Crippen LogP contribution >= 0.6 is 0 Å². The molecule has 0 amide bonds. The zero-order valence-electron chi connectivity index (χ0n) is 10.3. The van der Waals surface area contributed by atoms with Gasteiger partial charge < -0.3 is 5.11 Å². The second kappa shape index (κ2) is 7.24. The van der Waals surface area contributed by atoms with Gasteiger partial charge in [-0.15, -0.1) is 0 Å². The van der Waals surface area contributed by atoms with E-state index >= 15 is 0 Å². The largest absolute Gasteiger partial charge is 0.379 e. The van der Waals surface area contributed by atoms with E-state index in [2.05, 4.69) is 19.2 Å². The van der Waals surface area contributed by atoms with Crippen molar-refractivity contribution in [2.45, 2.75) is 77.5 Å². The minimum atomic E-state index is -0.256. The van der Waals surface area contributed by atoms with Gasteiger partial charge >= 0.3 is 0 Å². The maximum absolute atomic E-state index is 9.72. The first-order chi connectivity index (χ1) is 7.27. The van der Waals surface area contributed by atoms with Gasteiger partial charge in [-0.05, 0) is 38.0 Å². The van der Waals surface area contributed by atoms with E-state index in [0.717, 1.165) is 12.3 Å². The Morgan fingerprint density at radius 2 is 1.93 bits per heavy atom. The highest BCUT2D eigenvalue weighted by Gasteiger charge is 2.25. The third-order valence-electron chi connectivity index (χ3n) is 3.56. The summed E-state index contributed by atoms with van der Waals surface area (Å²) in [6.45, 7) is 4.49. The number of hydrogen-bond acceptors (Lipinski definition) is 2. The Kier molecular flexibility index (Phi) is 6.26. The van der Waals surface area contributed by atoms with Crippen molar-refractivity contribution >= 4 is 0 Å². The highest BCUT2D eigenvalue weighted by molar-refractivity contribution is 4.80. The van der Waals surface area contributed by atoms with Crippen LogP contribution in [0.2, 0.25) is 0 Å². The van der Waals surface area contributed by atoms with Gasteiger partial charge in [0.1, 0.15) is 6.23 Å². The van der Waals surface area contributed by atoms with E-state index in [9.17, 15) is 5.11 Å². The summed E-state index contributed by atoms with van der Waals surface area (Å²) in [5.41, 5.74) is 0. The summed E-state index contributed by atoms with van der Waals surface area (Å²) >= 11 is 0. The van der Waals surface area contributed by atoms with Crippen LogP contribution in [0.1, 0.15) is 65.2 Å². The van der Waals surface area contributed by atoms with E-state index in [0.29, 0.717) is 6.04 Å². The molecule has 2 N–H and O–H groups in total. The van der Waals surface area contributed by atoms with Crippen molar-refractivity contribution in [3.63, 3.8) is 0 Å². The molecule has 1 rings (SSSR count). The lowest BCUT2D eigenvalue weighted by Crippen LogP contribution is -2.40. The van der Waals surface area contributed by atoms with Gasteiger partial charge in [-0.2, -0.15) is 0 Å². The second-order valence-corrected chi connectivity index (χ2v) is 4.91. The monoisotopic (exact) mass is 213 g/mol. The molecular weight excluding hydrogens is 186 g/mol. The van der Waals surface area contributed by atoms with Crippen molar-refractivity contribution in [2.24, 2.45) is 5.92 Å². The summed E-state index contributed by atoms with van der Waals surface area (Å²) in [6.07, 6.45) is 9.55. The normalized spacial score (nSPS) is 32.6. The second-order valence-electron chi connectivity index (χ2n) is 4.91. The molecule has 2 heteroatoms. The fourth-order valence-corrected chi connectivity index (χ4v) is 2.68. The topological polar surface area (TPSA) is 32.3 Å². The predicted octanol–water partition coefficient (Wildman–Crippen LogP) is 3.05. The number of nitrogens with one attached hydrogen (secondary N) is 1. The van der Waals surface area contributed by atoms with Crippen molar-refractivity contribution in [3.05, 3.63) is 0 Å². The first kappa shape index (κ1) is 13.0. The Hall–Kier alpha value is -0.0800. The van der Waals surface area contributed by atoms with Gasteiger partial charge in [-0.25, -0.2) is 0 Å². The number of hydrogen-bond donors (Lipinski definition) is 2. The van der Waals surface area contributed by atoms with Crippen molar-refractivity contribution < 1.29 is 5.11 Å². The Morgan fingerprint density at radius 3 is 2.60 bits per heavy atom. The molecule has 0 aromatic heterocycles. The van der Waals surface area contributed by atoms with Gasteiger partial charge in [0, 0.05) is 6.04 Å². The van der Waals surface area contributed by atoms with E-state index < -0.39 is 0 Å². The molecule has 0 radical (unpaired) electrons. The summed E-state index contributed by atoms with van der Waals surface area (Å²) in [4.78, 5) is 0. The summed E-state index contributed by atoms with van der Waals surface area (Å²) < 4.78 is 0. The SMILES string of the molecule is CCCCC1CCCC(O)NC1CCC. The molecule has 1 saturated heterocycles. The lowest BCUT2D eigenvalue weighted by atomic mass is 9.88. The molecule has 3 atom stereocenters. The standard InChI is InChI=1S/C13H27NO/c1-3-5-8-11-9-6-10-13(15)14-12(11)7-4-2/h11-15H,3-10H2,1-2H3. The minimum absolute atomic E-state index is 0.256. The Labute approximate surface area is 94.5 Å². The van der Waals surface area contributed by atoms with Crippen LogP contribution in [0.5, 0.6) is 0 Å². The van der Waals surface area contributed by atoms with Crippen molar-refractivity contribution in [1.29, 1.82) is 0 Å². The molecule has 1 aliphatic heterocycles. The van der Waals surface area contributed by atoms with E-state index in [1.807, 2.05) is 0 Å². The number of aliphatic hydroxyl groups is 1. The lowest BCUT2D eigenvalue weighted by molar-refractivity contribution is 0.112. The van der Waals surface area contributed by atoms with Crippen LogP contribution in [-0.4, -0.2) is 17.4 Å². The fraction of sp³-hybridized carbons (Fsp3) is 1.00. The molecule has 0 spiro atoms. The highest BCUT2D eigenvalue weighted by atomic mass is 16.3. The quantitative estimate of drug-likeness (QED) is 0.735. The minimum Gasteiger partial charge on any atom is -0.379 e. The molecule has 1 fully saturated rings. The molecule has 1 aliphatic rings. The molecule has 1 heterocycles. The van der Waals surface area contributed by atoms with E-state index in [1.165, 1.54) is 44.9 Å². The van der Waals surface area contributed by atoms with Gasteiger partial charge in [0.2, 0.25) is 0 Å². The predicted molar refractivity (Wildman–Crippen MR) is 64.7 cm³/mol. The molecule has 0 aromatic carbocycles. The summed E-state index contributed by atoms with van der Waals surface area (Å²) in [5, 5.41) is 13.1. The zero-order chi connectivity index (χ0) is 11.1. The van der Waals surface area contributed by atoms with E-state index in [-0.39, 0.29) is 6.23 Å². The summed E-state index contributed by atoms with van der Waals surface area (Å²) in [5.74, 6) is 0.794. The zero-order valence-corrected chi connectivity index (χ0v) is 10.3. The first-order valence-electron chi connectivity index (χ1n) is 6.72. The van der Waals surface area contributed by atoms with Crippen LogP contribution in [0.15, 0.2) is 0 Å². The van der Waals surface area contributed by atoms with Crippen molar-refractivity contribution in [2.75, 3.05) is 0 Å². The molecular formula is C13H27NO. The third-order valence-corrected chi connectivity index (χ3v) is 3.56. The van der Waals surface area contributed by atoms with Crippen LogP contribution in [0.25, 0.3) is 0 Å². The van der Waals surface area contributed by atoms with Crippen LogP contribution in [0.4, 0.5) is 0 Å². The molecule has 0 aliphatic carbocycles. The number of unbranched alkanes of at least 4 members (excludes halogenated alkanes) is 1. The Bertz CT molecular complexity index is 159. The van der Waals surface area contributed by atoms with Gasteiger partial charge in [0.05, 0.1) is 0 Å². The van der Waals surface area contributed by atoms with Gasteiger partial charge in [0.15, 0.2) is 0 Å². The van der Waals surface area contributed by atoms with E-state index in [4.69, 9.17) is 0 Å².